The predicted molar refractivity (Wildman–Crippen MR) is 83.3 cm³/mol. The zero-order valence-corrected chi connectivity index (χ0v) is 12.9. The summed E-state index contributed by atoms with van der Waals surface area (Å²) in [5, 5.41) is 0. The maximum Gasteiger partial charge on any atom is 0.146 e. The number of allylic oxidation sites excluding steroid dienone is 4. The van der Waals surface area contributed by atoms with Gasteiger partial charge in [-0.15, -0.1) is 0 Å². The third-order valence-electron chi connectivity index (χ3n) is 2.83. The summed E-state index contributed by atoms with van der Waals surface area (Å²) in [7, 11) is 0. The first kappa shape index (κ1) is 18.4. The Morgan fingerprint density at radius 3 is 1.89 bits per heavy atom. The molecular formula is C17H32O2. The maximum absolute atomic E-state index is 5.39. The standard InChI is InChI=1S/C17H32O2/c1-3-5-7-8-9-10-11-12-13-14-16-19-17-18-15-6-4-2/h8-11H,3-7,12-17H2,1-2H3. The zero-order chi connectivity index (χ0) is 14.0. The van der Waals surface area contributed by atoms with Gasteiger partial charge in [-0.25, -0.2) is 0 Å². The Morgan fingerprint density at radius 2 is 1.26 bits per heavy atom. The quantitative estimate of drug-likeness (QED) is 0.243. The molecule has 0 saturated carbocycles. The van der Waals surface area contributed by atoms with E-state index in [-0.39, 0.29) is 0 Å². The van der Waals surface area contributed by atoms with Crippen molar-refractivity contribution in [2.45, 2.75) is 65.2 Å². The Balaban J connectivity index is 3.09. The SMILES string of the molecule is CCCCC=CC=CCCCCOCOCCCC. The van der Waals surface area contributed by atoms with Crippen molar-refractivity contribution >= 4 is 0 Å². The zero-order valence-electron chi connectivity index (χ0n) is 12.9. The van der Waals surface area contributed by atoms with Gasteiger partial charge < -0.3 is 9.47 Å². The van der Waals surface area contributed by atoms with E-state index in [9.17, 15) is 0 Å². The number of hydrogen-bond acceptors (Lipinski definition) is 2. The van der Waals surface area contributed by atoms with Crippen molar-refractivity contribution < 1.29 is 9.47 Å². The Hall–Kier alpha value is -0.600. The van der Waals surface area contributed by atoms with Crippen molar-refractivity contribution in [2.24, 2.45) is 0 Å². The first-order chi connectivity index (χ1) is 9.41. The topological polar surface area (TPSA) is 18.5 Å². The summed E-state index contributed by atoms with van der Waals surface area (Å²) in [4.78, 5) is 0. The molecule has 0 aliphatic carbocycles. The fraction of sp³-hybridized carbons (Fsp3) is 0.765. The number of rotatable bonds is 14. The lowest BCUT2D eigenvalue weighted by molar-refractivity contribution is -0.0551. The van der Waals surface area contributed by atoms with Crippen LogP contribution < -0.4 is 0 Å². The van der Waals surface area contributed by atoms with E-state index in [1.165, 1.54) is 32.1 Å². The fourth-order valence-corrected chi connectivity index (χ4v) is 1.56. The van der Waals surface area contributed by atoms with Gasteiger partial charge in [-0.2, -0.15) is 0 Å². The lowest BCUT2D eigenvalue weighted by atomic mass is 10.2. The highest BCUT2D eigenvalue weighted by Crippen LogP contribution is 1.99. The van der Waals surface area contributed by atoms with Crippen LogP contribution in [0.4, 0.5) is 0 Å². The van der Waals surface area contributed by atoms with Gasteiger partial charge in [0.25, 0.3) is 0 Å². The highest BCUT2D eigenvalue weighted by atomic mass is 16.7. The maximum atomic E-state index is 5.39. The molecule has 0 aromatic rings. The van der Waals surface area contributed by atoms with Gasteiger partial charge in [-0.1, -0.05) is 57.4 Å². The summed E-state index contributed by atoms with van der Waals surface area (Å²) in [6.07, 6.45) is 18.3. The Labute approximate surface area is 119 Å². The molecule has 0 aromatic carbocycles. The minimum absolute atomic E-state index is 0.454. The minimum atomic E-state index is 0.454. The molecule has 112 valence electrons. The number of unbranched alkanes of at least 4 members (excludes halogenated alkanes) is 5. The first-order valence-electron chi connectivity index (χ1n) is 7.89. The molecule has 0 unspecified atom stereocenters. The van der Waals surface area contributed by atoms with Gasteiger partial charge in [0, 0.05) is 13.2 Å². The van der Waals surface area contributed by atoms with E-state index < -0.39 is 0 Å². The van der Waals surface area contributed by atoms with Crippen molar-refractivity contribution in [2.75, 3.05) is 20.0 Å². The van der Waals surface area contributed by atoms with Crippen molar-refractivity contribution in [3.8, 4) is 0 Å². The summed E-state index contributed by atoms with van der Waals surface area (Å²) >= 11 is 0. The van der Waals surface area contributed by atoms with Crippen LogP contribution in [0.25, 0.3) is 0 Å². The molecule has 0 heterocycles. The lowest BCUT2D eigenvalue weighted by Crippen LogP contribution is -2.02. The van der Waals surface area contributed by atoms with Gasteiger partial charge in [0.2, 0.25) is 0 Å². The van der Waals surface area contributed by atoms with E-state index in [1.807, 2.05) is 0 Å². The molecule has 0 aliphatic rings. The van der Waals surface area contributed by atoms with Crippen molar-refractivity contribution in [3.05, 3.63) is 24.3 Å². The third kappa shape index (κ3) is 17.4. The van der Waals surface area contributed by atoms with Gasteiger partial charge in [0.15, 0.2) is 0 Å². The highest BCUT2D eigenvalue weighted by molar-refractivity contribution is 5.02. The molecule has 0 amide bonds. The summed E-state index contributed by atoms with van der Waals surface area (Å²) in [6, 6.07) is 0. The van der Waals surface area contributed by atoms with E-state index in [2.05, 4.69) is 38.2 Å². The van der Waals surface area contributed by atoms with Gasteiger partial charge in [0.05, 0.1) is 0 Å². The Bertz CT molecular complexity index is 209. The van der Waals surface area contributed by atoms with E-state index >= 15 is 0 Å². The van der Waals surface area contributed by atoms with Gasteiger partial charge >= 0.3 is 0 Å². The molecule has 0 aliphatic heterocycles. The Kier molecular flexibility index (Phi) is 16.9. The van der Waals surface area contributed by atoms with Gasteiger partial charge in [-0.05, 0) is 32.1 Å². The molecule has 0 bridgehead atoms. The molecule has 0 atom stereocenters. The fourth-order valence-electron chi connectivity index (χ4n) is 1.56. The molecule has 2 heteroatoms. The van der Waals surface area contributed by atoms with Gasteiger partial charge in [0.1, 0.15) is 6.79 Å². The second-order valence-electron chi connectivity index (χ2n) is 4.78. The van der Waals surface area contributed by atoms with Crippen molar-refractivity contribution in [3.63, 3.8) is 0 Å². The summed E-state index contributed by atoms with van der Waals surface area (Å²) in [5.41, 5.74) is 0. The van der Waals surface area contributed by atoms with Gasteiger partial charge in [-0.3, -0.25) is 0 Å². The largest absolute Gasteiger partial charge is 0.355 e. The van der Waals surface area contributed by atoms with E-state index in [0.717, 1.165) is 32.5 Å². The summed E-state index contributed by atoms with van der Waals surface area (Å²) in [5.74, 6) is 0. The average Bonchev–Trinajstić information content (AvgIpc) is 2.43. The van der Waals surface area contributed by atoms with Crippen LogP contribution in [0, 0.1) is 0 Å². The summed E-state index contributed by atoms with van der Waals surface area (Å²) < 4.78 is 10.7. The molecule has 0 spiro atoms. The molecule has 0 radical (unpaired) electrons. The number of hydrogen-bond donors (Lipinski definition) is 0. The van der Waals surface area contributed by atoms with Crippen LogP contribution in [0.1, 0.15) is 65.2 Å². The minimum Gasteiger partial charge on any atom is -0.355 e. The molecule has 0 saturated heterocycles. The Morgan fingerprint density at radius 1 is 0.684 bits per heavy atom. The molecule has 0 rings (SSSR count). The highest BCUT2D eigenvalue weighted by Gasteiger charge is 1.89. The van der Waals surface area contributed by atoms with Crippen molar-refractivity contribution in [1.82, 2.24) is 0 Å². The monoisotopic (exact) mass is 268 g/mol. The second kappa shape index (κ2) is 17.4. The predicted octanol–water partition coefficient (Wildman–Crippen LogP) is 5.25. The second-order valence-corrected chi connectivity index (χ2v) is 4.78. The van der Waals surface area contributed by atoms with Crippen LogP contribution in [0.5, 0.6) is 0 Å². The number of ether oxygens (including phenoxy) is 2. The van der Waals surface area contributed by atoms with Crippen LogP contribution in [0.3, 0.4) is 0 Å². The van der Waals surface area contributed by atoms with E-state index in [0.29, 0.717) is 6.79 Å². The van der Waals surface area contributed by atoms with E-state index in [4.69, 9.17) is 9.47 Å². The molecular weight excluding hydrogens is 236 g/mol. The van der Waals surface area contributed by atoms with Crippen LogP contribution in [-0.2, 0) is 9.47 Å². The summed E-state index contributed by atoms with van der Waals surface area (Å²) in [6.45, 7) is 6.48. The van der Waals surface area contributed by atoms with Crippen LogP contribution >= 0.6 is 0 Å². The normalized spacial score (nSPS) is 11.9. The van der Waals surface area contributed by atoms with E-state index in [1.54, 1.807) is 0 Å². The molecule has 0 N–H and O–H groups in total. The molecule has 0 fully saturated rings. The molecule has 19 heavy (non-hydrogen) atoms. The third-order valence-corrected chi connectivity index (χ3v) is 2.83. The van der Waals surface area contributed by atoms with Crippen molar-refractivity contribution in [1.29, 1.82) is 0 Å². The first-order valence-corrected chi connectivity index (χ1v) is 7.89. The van der Waals surface area contributed by atoms with Crippen LogP contribution in [0.2, 0.25) is 0 Å². The smallest absolute Gasteiger partial charge is 0.146 e. The molecule has 2 nitrogen and oxygen atoms in total. The average molecular weight is 268 g/mol. The van der Waals surface area contributed by atoms with Crippen LogP contribution in [0.15, 0.2) is 24.3 Å². The van der Waals surface area contributed by atoms with Crippen LogP contribution in [-0.4, -0.2) is 20.0 Å². The molecule has 0 aromatic heterocycles. The lowest BCUT2D eigenvalue weighted by Gasteiger charge is -2.04.